The van der Waals surface area contributed by atoms with Gasteiger partial charge in [0.1, 0.15) is 11.5 Å². The minimum absolute atomic E-state index is 0. The first-order valence-electron chi connectivity index (χ1n) is 8.25. The first kappa shape index (κ1) is 21.2. The van der Waals surface area contributed by atoms with Crippen LogP contribution < -0.4 is 10.6 Å². The Morgan fingerprint density at radius 2 is 2.00 bits per heavy atom. The summed E-state index contributed by atoms with van der Waals surface area (Å²) < 4.78 is 11.2. The molecule has 0 aliphatic carbocycles. The molecule has 2 N–H and O–H groups in total. The second-order valence-corrected chi connectivity index (χ2v) is 6.47. The lowest BCUT2D eigenvalue weighted by Gasteiger charge is -2.43. The van der Waals surface area contributed by atoms with Crippen molar-refractivity contribution in [2.24, 2.45) is 4.99 Å². The van der Waals surface area contributed by atoms with Gasteiger partial charge in [-0.15, -0.1) is 24.0 Å². The predicted octanol–water partition coefficient (Wildman–Crippen LogP) is 2.54. The van der Waals surface area contributed by atoms with E-state index in [1.807, 2.05) is 19.1 Å². The molecule has 1 fully saturated rings. The van der Waals surface area contributed by atoms with Crippen LogP contribution in [0.3, 0.4) is 0 Å². The van der Waals surface area contributed by atoms with E-state index in [1.165, 1.54) is 0 Å². The first-order valence-corrected chi connectivity index (χ1v) is 8.25. The van der Waals surface area contributed by atoms with Crippen LogP contribution in [0.1, 0.15) is 37.3 Å². The number of hydrogen-bond acceptors (Lipinski definition) is 4. The summed E-state index contributed by atoms with van der Waals surface area (Å²) in [5.74, 6) is 2.63. The van der Waals surface area contributed by atoms with Gasteiger partial charge in [0.2, 0.25) is 0 Å². The summed E-state index contributed by atoms with van der Waals surface area (Å²) in [5, 5.41) is 6.86. The normalized spacial score (nSPS) is 18.8. The fraction of sp³-hybridized carbons (Fsp3) is 0.706. The zero-order valence-corrected chi connectivity index (χ0v) is 17.7. The molecule has 1 aromatic heterocycles. The fourth-order valence-electron chi connectivity index (χ4n) is 2.94. The molecule has 1 atom stereocenters. The van der Waals surface area contributed by atoms with Crippen LogP contribution in [0.2, 0.25) is 0 Å². The molecule has 0 aromatic carbocycles. The fourth-order valence-corrected chi connectivity index (χ4v) is 2.94. The molecule has 138 valence electrons. The van der Waals surface area contributed by atoms with E-state index in [-0.39, 0.29) is 35.6 Å². The molecule has 0 radical (unpaired) electrons. The van der Waals surface area contributed by atoms with Crippen LogP contribution in [0.5, 0.6) is 0 Å². The molecule has 0 amide bonds. The van der Waals surface area contributed by atoms with E-state index in [1.54, 1.807) is 7.05 Å². The average molecular weight is 450 g/mol. The Labute approximate surface area is 162 Å². The van der Waals surface area contributed by atoms with E-state index >= 15 is 0 Å². The Morgan fingerprint density at radius 3 is 2.50 bits per heavy atom. The molecule has 0 spiro atoms. The number of aryl methyl sites for hydroxylation is 1. The number of ether oxygens (including phenoxy) is 1. The number of guanidine groups is 1. The molecular formula is C17H31IN4O2. The van der Waals surface area contributed by atoms with Crippen molar-refractivity contribution in [3.8, 4) is 0 Å². The maximum Gasteiger partial charge on any atom is 0.191 e. The molecule has 1 aliphatic heterocycles. The number of furan rings is 1. The van der Waals surface area contributed by atoms with Gasteiger partial charge in [-0.1, -0.05) is 0 Å². The van der Waals surface area contributed by atoms with Crippen LogP contribution in [-0.4, -0.2) is 57.3 Å². The third-order valence-corrected chi connectivity index (χ3v) is 4.72. The summed E-state index contributed by atoms with van der Waals surface area (Å²) in [5.41, 5.74) is 0.111. The van der Waals surface area contributed by atoms with Crippen LogP contribution in [-0.2, 0) is 4.74 Å². The van der Waals surface area contributed by atoms with Crippen molar-refractivity contribution in [3.63, 3.8) is 0 Å². The Balaban J connectivity index is 0.00000288. The largest absolute Gasteiger partial charge is 0.464 e. The van der Waals surface area contributed by atoms with Crippen molar-refractivity contribution >= 4 is 29.9 Å². The van der Waals surface area contributed by atoms with Crippen LogP contribution in [0.15, 0.2) is 21.5 Å². The molecule has 1 aliphatic rings. The highest BCUT2D eigenvalue weighted by molar-refractivity contribution is 14.0. The van der Waals surface area contributed by atoms with E-state index < -0.39 is 0 Å². The maximum atomic E-state index is 5.67. The molecule has 7 heteroatoms. The van der Waals surface area contributed by atoms with E-state index in [0.29, 0.717) is 0 Å². The third kappa shape index (κ3) is 5.35. The van der Waals surface area contributed by atoms with E-state index in [2.05, 4.69) is 41.5 Å². The smallest absolute Gasteiger partial charge is 0.191 e. The minimum atomic E-state index is 0. The van der Waals surface area contributed by atoms with Gasteiger partial charge in [-0.2, -0.15) is 0 Å². The van der Waals surface area contributed by atoms with Gasteiger partial charge in [0.15, 0.2) is 5.96 Å². The Kier molecular flexibility index (Phi) is 8.52. The van der Waals surface area contributed by atoms with Gasteiger partial charge < -0.3 is 24.7 Å². The number of nitrogens with one attached hydrogen (secondary N) is 2. The van der Waals surface area contributed by atoms with Crippen LogP contribution in [0, 0.1) is 6.92 Å². The molecule has 6 nitrogen and oxygen atoms in total. The molecule has 2 heterocycles. The second kappa shape index (κ2) is 9.62. The van der Waals surface area contributed by atoms with Crippen LogP contribution in [0.25, 0.3) is 0 Å². The summed E-state index contributed by atoms with van der Waals surface area (Å²) in [6, 6.07) is 4.05. The standard InChI is InChI=1S/C17H30N4O2.HI/c1-13-6-7-15(23-13)14(2)20-16(18-3)19-12-17(21(4)5)8-10-22-11-9-17;/h6-7,14H,8-12H2,1-5H3,(H2,18,19,20);1H. The van der Waals surface area contributed by atoms with Gasteiger partial charge in [0.05, 0.1) is 6.04 Å². The lowest BCUT2D eigenvalue weighted by Crippen LogP contribution is -2.57. The van der Waals surface area contributed by atoms with E-state index in [4.69, 9.17) is 9.15 Å². The van der Waals surface area contributed by atoms with Crippen LogP contribution in [0.4, 0.5) is 0 Å². The highest BCUT2D eigenvalue weighted by Gasteiger charge is 2.34. The van der Waals surface area contributed by atoms with Gasteiger partial charge in [0.25, 0.3) is 0 Å². The molecule has 1 aromatic rings. The van der Waals surface area contributed by atoms with Gasteiger partial charge >= 0.3 is 0 Å². The van der Waals surface area contributed by atoms with Gasteiger partial charge in [-0.25, -0.2) is 0 Å². The van der Waals surface area contributed by atoms with Crippen molar-refractivity contribution < 1.29 is 9.15 Å². The Bertz CT molecular complexity index is 524. The van der Waals surface area contributed by atoms with Gasteiger partial charge in [0, 0.05) is 32.3 Å². The summed E-state index contributed by atoms with van der Waals surface area (Å²) in [7, 11) is 6.07. The van der Waals surface area contributed by atoms with Crippen molar-refractivity contribution in [1.29, 1.82) is 0 Å². The maximum absolute atomic E-state index is 5.67. The van der Waals surface area contributed by atoms with Crippen LogP contribution >= 0.6 is 24.0 Å². The molecule has 1 saturated heterocycles. The van der Waals surface area contributed by atoms with Crippen molar-refractivity contribution in [3.05, 3.63) is 23.7 Å². The number of nitrogens with zero attached hydrogens (tertiary/aromatic N) is 2. The highest BCUT2D eigenvalue weighted by Crippen LogP contribution is 2.25. The third-order valence-electron chi connectivity index (χ3n) is 4.72. The molecule has 0 bridgehead atoms. The summed E-state index contributed by atoms with van der Waals surface area (Å²) >= 11 is 0. The number of hydrogen-bond donors (Lipinski definition) is 2. The average Bonchev–Trinajstić information content (AvgIpc) is 2.98. The Hall–Kier alpha value is -0.800. The minimum Gasteiger partial charge on any atom is -0.464 e. The number of rotatable bonds is 5. The Morgan fingerprint density at radius 1 is 1.33 bits per heavy atom. The molecule has 1 unspecified atom stereocenters. The number of halogens is 1. The quantitative estimate of drug-likeness (QED) is 0.410. The van der Waals surface area contributed by atoms with Gasteiger partial charge in [-0.3, -0.25) is 4.99 Å². The first-order chi connectivity index (χ1) is 11.0. The zero-order valence-electron chi connectivity index (χ0n) is 15.4. The van der Waals surface area contributed by atoms with Crippen molar-refractivity contribution in [2.75, 3.05) is 40.9 Å². The zero-order chi connectivity index (χ0) is 16.9. The number of likely N-dealkylation sites (N-methyl/N-ethyl adjacent to an activating group) is 1. The highest BCUT2D eigenvalue weighted by atomic mass is 127. The van der Waals surface area contributed by atoms with Crippen molar-refractivity contribution in [2.45, 2.75) is 38.3 Å². The molecule has 0 saturated carbocycles. The van der Waals surface area contributed by atoms with Crippen molar-refractivity contribution in [1.82, 2.24) is 15.5 Å². The summed E-state index contributed by atoms with van der Waals surface area (Å²) in [6.45, 7) is 6.49. The van der Waals surface area contributed by atoms with E-state index in [9.17, 15) is 0 Å². The lowest BCUT2D eigenvalue weighted by molar-refractivity contribution is -0.00503. The molecule has 2 rings (SSSR count). The molecule has 24 heavy (non-hydrogen) atoms. The summed E-state index contributed by atoms with van der Waals surface area (Å²) in [4.78, 5) is 6.64. The monoisotopic (exact) mass is 450 g/mol. The SMILES string of the molecule is CN=C(NCC1(N(C)C)CCOCC1)NC(C)c1ccc(C)o1.I. The van der Waals surface area contributed by atoms with E-state index in [0.717, 1.165) is 50.1 Å². The second-order valence-electron chi connectivity index (χ2n) is 6.47. The summed E-state index contributed by atoms with van der Waals surface area (Å²) in [6.07, 6.45) is 2.05. The topological polar surface area (TPSA) is 62.0 Å². The molecular weight excluding hydrogens is 419 g/mol. The predicted molar refractivity (Wildman–Crippen MR) is 108 cm³/mol. The number of aliphatic imine (C=N–C) groups is 1. The lowest BCUT2D eigenvalue weighted by atomic mass is 9.88. The van der Waals surface area contributed by atoms with Gasteiger partial charge in [-0.05, 0) is 52.9 Å².